The van der Waals surface area contributed by atoms with Gasteiger partial charge in [-0.2, -0.15) is 22.0 Å². The summed E-state index contributed by atoms with van der Waals surface area (Å²) in [6, 6.07) is 0. The summed E-state index contributed by atoms with van der Waals surface area (Å²) in [4.78, 5) is 12.7. The highest BCUT2D eigenvalue weighted by molar-refractivity contribution is 5.84. The van der Waals surface area contributed by atoms with Gasteiger partial charge in [-0.1, -0.05) is 6.42 Å². The minimum atomic E-state index is -5.85. The molecule has 1 heterocycles. The van der Waals surface area contributed by atoms with Crippen molar-refractivity contribution >= 4 is 5.91 Å². The third-order valence-electron chi connectivity index (χ3n) is 2.80. The van der Waals surface area contributed by atoms with Crippen LogP contribution in [0.3, 0.4) is 0 Å². The van der Waals surface area contributed by atoms with E-state index in [2.05, 4.69) is 0 Å². The van der Waals surface area contributed by atoms with Crippen LogP contribution in [-0.4, -0.2) is 49.1 Å². The zero-order chi connectivity index (χ0) is 13.8. The van der Waals surface area contributed by atoms with E-state index in [-0.39, 0.29) is 6.54 Å². The maximum atomic E-state index is 12.5. The molecule has 106 valence electrons. The fourth-order valence-corrected chi connectivity index (χ4v) is 1.75. The van der Waals surface area contributed by atoms with Gasteiger partial charge in [-0.15, -0.1) is 0 Å². The van der Waals surface area contributed by atoms with Gasteiger partial charge in [0.05, 0.1) is 0 Å². The predicted molar refractivity (Wildman–Crippen MR) is 54.3 cm³/mol. The minimum Gasteiger partial charge on any atom is -0.349 e. The number of piperidine rings is 1. The first-order valence-corrected chi connectivity index (χ1v) is 5.70. The van der Waals surface area contributed by atoms with Gasteiger partial charge in [0.25, 0.3) is 5.91 Å². The maximum absolute atomic E-state index is 12.5. The number of halogens is 5. The largest absolute Gasteiger partial charge is 0.463 e. The Bertz CT molecular complexity index is 286. The van der Waals surface area contributed by atoms with Gasteiger partial charge in [0.1, 0.15) is 0 Å². The Morgan fingerprint density at radius 2 is 1.61 bits per heavy atom. The molecule has 1 N–H and O–H groups in total. The maximum Gasteiger partial charge on any atom is 0.463 e. The fourth-order valence-electron chi connectivity index (χ4n) is 1.75. The number of nitrogens with zero attached hydrogens (tertiary/aromatic N) is 1. The van der Waals surface area contributed by atoms with Crippen molar-refractivity contribution in [2.24, 2.45) is 0 Å². The van der Waals surface area contributed by atoms with Crippen LogP contribution in [0.2, 0.25) is 0 Å². The summed E-state index contributed by atoms with van der Waals surface area (Å²) in [5.41, 5.74) is 0. The van der Waals surface area contributed by atoms with E-state index in [1.54, 1.807) is 5.32 Å². The normalized spacial score (nSPS) is 18.7. The van der Waals surface area contributed by atoms with Gasteiger partial charge in [0.15, 0.2) is 0 Å². The molecule has 1 saturated heterocycles. The summed E-state index contributed by atoms with van der Waals surface area (Å²) in [7, 11) is 0. The van der Waals surface area contributed by atoms with Crippen molar-refractivity contribution in [1.29, 1.82) is 0 Å². The molecule has 1 fully saturated rings. The highest BCUT2D eigenvalue weighted by Crippen LogP contribution is 2.35. The molecule has 0 aromatic rings. The molecule has 1 amide bonds. The Morgan fingerprint density at radius 1 is 1.06 bits per heavy atom. The standard InChI is InChI=1S/C10H15F5N2O/c11-9(12,10(13,14)15)8(18)16-4-7-17-5-2-1-3-6-17/h1-7H2,(H,16,18). The number of likely N-dealkylation sites (tertiary alicyclic amines) is 1. The van der Waals surface area contributed by atoms with Crippen molar-refractivity contribution in [1.82, 2.24) is 10.2 Å². The van der Waals surface area contributed by atoms with Gasteiger partial charge in [-0.3, -0.25) is 4.79 Å². The summed E-state index contributed by atoms with van der Waals surface area (Å²) in [5, 5.41) is 1.63. The van der Waals surface area contributed by atoms with Gasteiger partial charge >= 0.3 is 12.1 Å². The molecule has 3 nitrogen and oxygen atoms in total. The lowest BCUT2D eigenvalue weighted by molar-refractivity contribution is -0.269. The molecule has 18 heavy (non-hydrogen) atoms. The Balaban J connectivity index is 2.32. The van der Waals surface area contributed by atoms with Gasteiger partial charge < -0.3 is 10.2 Å². The van der Waals surface area contributed by atoms with Crippen molar-refractivity contribution < 1.29 is 26.7 Å². The van der Waals surface area contributed by atoms with Crippen LogP contribution in [0.5, 0.6) is 0 Å². The van der Waals surface area contributed by atoms with Crippen LogP contribution >= 0.6 is 0 Å². The Hall–Kier alpha value is -0.920. The first-order valence-electron chi connectivity index (χ1n) is 5.70. The van der Waals surface area contributed by atoms with Crippen LogP contribution in [0.4, 0.5) is 22.0 Å². The number of alkyl halides is 5. The number of carbonyl (C=O) groups is 1. The van der Waals surface area contributed by atoms with Crippen LogP contribution in [0.15, 0.2) is 0 Å². The summed E-state index contributed by atoms with van der Waals surface area (Å²) < 4.78 is 60.6. The van der Waals surface area contributed by atoms with Crippen molar-refractivity contribution in [2.45, 2.75) is 31.4 Å². The van der Waals surface area contributed by atoms with Crippen LogP contribution in [-0.2, 0) is 4.79 Å². The predicted octanol–water partition coefficient (Wildman–Crippen LogP) is 1.79. The summed E-state index contributed by atoms with van der Waals surface area (Å²) in [6.45, 7) is 1.65. The van der Waals surface area contributed by atoms with E-state index in [9.17, 15) is 26.7 Å². The van der Waals surface area contributed by atoms with Gasteiger partial charge in [0.2, 0.25) is 0 Å². The second-order valence-corrected chi connectivity index (χ2v) is 4.23. The second kappa shape index (κ2) is 5.81. The molecule has 0 aromatic carbocycles. The Labute approximate surface area is 101 Å². The molecule has 0 bridgehead atoms. The SMILES string of the molecule is O=C(NCCN1CCCCC1)C(F)(F)C(F)(F)F. The summed E-state index contributed by atoms with van der Waals surface area (Å²) in [6.07, 6.45) is -2.80. The summed E-state index contributed by atoms with van der Waals surface area (Å²) >= 11 is 0. The zero-order valence-corrected chi connectivity index (χ0v) is 9.70. The zero-order valence-electron chi connectivity index (χ0n) is 9.70. The molecule has 1 rings (SSSR count). The van der Waals surface area contributed by atoms with Crippen LogP contribution in [0, 0.1) is 0 Å². The smallest absolute Gasteiger partial charge is 0.349 e. The molecule has 0 aromatic heterocycles. The van der Waals surface area contributed by atoms with Crippen molar-refractivity contribution in [3.63, 3.8) is 0 Å². The highest BCUT2D eigenvalue weighted by Gasteiger charge is 2.63. The number of hydrogen-bond acceptors (Lipinski definition) is 2. The second-order valence-electron chi connectivity index (χ2n) is 4.23. The number of nitrogens with one attached hydrogen (secondary N) is 1. The van der Waals surface area contributed by atoms with Gasteiger partial charge in [0, 0.05) is 13.1 Å². The van der Waals surface area contributed by atoms with Crippen molar-refractivity contribution in [3.05, 3.63) is 0 Å². The molecule has 1 aliphatic rings. The average Bonchev–Trinajstić information content (AvgIpc) is 2.28. The van der Waals surface area contributed by atoms with Crippen molar-refractivity contribution in [2.75, 3.05) is 26.2 Å². The Kier molecular flexibility index (Phi) is 4.89. The van der Waals surface area contributed by atoms with Gasteiger partial charge in [-0.05, 0) is 25.9 Å². The summed E-state index contributed by atoms with van der Waals surface area (Å²) in [5.74, 6) is -7.61. The third kappa shape index (κ3) is 3.79. The van der Waals surface area contributed by atoms with Crippen LogP contribution < -0.4 is 5.32 Å². The molecule has 0 spiro atoms. The first-order chi connectivity index (χ1) is 8.25. The van der Waals surface area contributed by atoms with Gasteiger partial charge in [-0.25, -0.2) is 0 Å². The van der Waals surface area contributed by atoms with E-state index in [1.165, 1.54) is 0 Å². The third-order valence-corrected chi connectivity index (χ3v) is 2.80. The lowest BCUT2D eigenvalue weighted by Crippen LogP contribution is -2.51. The van der Waals surface area contributed by atoms with E-state index in [0.717, 1.165) is 32.4 Å². The number of hydrogen-bond donors (Lipinski definition) is 1. The lowest BCUT2D eigenvalue weighted by atomic mass is 10.1. The molecular weight excluding hydrogens is 259 g/mol. The molecule has 0 unspecified atom stereocenters. The highest BCUT2D eigenvalue weighted by atomic mass is 19.4. The lowest BCUT2D eigenvalue weighted by Gasteiger charge is -2.26. The first kappa shape index (κ1) is 15.1. The monoisotopic (exact) mass is 274 g/mol. The number of carbonyl (C=O) groups excluding carboxylic acids is 1. The van der Waals surface area contributed by atoms with Crippen LogP contribution in [0.25, 0.3) is 0 Å². The van der Waals surface area contributed by atoms with E-state index in [0.29, 0.717) is 6.54 Å². The van der Waals surface area contributed by atoms with E-state index in [1.807, 2.05) is 4.90 Å². The molecule has 1 aliphatic heterocycles. The van der Waals surface area contributed by atoms with E-state index in [4.69, 9.17) is 0 Å². The minimum absolute atomic E-state index is 0.204. The number of rotatable bonds is 4. The van der Waals surface area contributed by atoms with E-state index < -0.39 is 18.0 Å². The molecule has 0 atom stereocenters. The molecule has 8 heteroatoms. The quantitative estimate of drug-likeness (QED) is 0.793. The van der Waals surface area contributed by atoms with Crippen LogP contribution in [0.1, 0.15) is 19.3 Å². The Morgan fingerprint density at radius 3 is 2.11 bits per heavy atom. The van der Waals surface area contributed by atoms with E-state index >= 15 is 0 Å². The average molecular weight is 274 g/mol. The molecule has 0 aliphatic carbocycles. The van der Waals surface area contributed by atoms with Crippen molar-refractivity contribution in [3.8, 4) is 0 Å². The number of amides is 1. The fraction of sp³-hybridized carbons (Fsp3) is 0.900. The topological polar surface area (TPSA) is 32.3 Å². The molecule has 0 saturated carbocycles. The molecular formula is C10H15F5N2O. The molecule has 0 radical (unpaired) electrons.